The molecule has 0 aromatic carbocycles. The Kier molecular flexibility index (Phi) is 3.32. The lowest BCUT2D eigenvalue weighted by Gasteiger charge is -2.00. The van der Waals surface area contributed by atoms with E-state index in [4.69, 9.17) is 0 Å². The van der Waals surface area contributed by atoms with Gasteiger partial charge < -0.3 is 5.32 Å². The molecule has 0 atom stereocenters. The van der Waals surface area contributed by atoms with Crippen molar-refractivity contribution in [1.82, 2.24) is 5.32 Å². The zero-order valence-corrected chi connectivity index (χ0v) is 11.7. The summed E-state index contributed by atoms with van der Waals surface area (Å²) in [7, 11) is 0. The first kappa shape index (κ1) is 11.5. The smallest absolute Gasteiger partial charge is 0.0303 e. The highest BCUT2D eigenvalue weighted by atomic mass is 32.1. The van der Waals surface area contributed by atoms with Crippen molar-refractivity contribution < 1.29 is 0 Å². The lowest BCUT2D eigenvalue weighted by molar-refractivity contribution is 0.708. The second-order valence-corrected chi connectivity index (χ2v) is 7.22. The molecule has 90 valence electrons. The SMILES string of the molecule is Cc1ccc(CNCc2cc3c(s2)CCC3)s1. The van der Waals surface area contributed by atoms with Crippen LogP contribution in [0, 0.1) is 6.92 Å². The number of nitrogens with one attached hydrogen (secondary N) is 1. The Hall–Kier alpha value is -0.640. The minimum absolute atomic E-state index is 1.00. The van der Waals surface area contributed by atoms with Gasteiger partial charge in [0.2, 0.25) is 0 Å². The molecule has 17 heavy (non-hydrogen) atoms. The van der Waals surface area contributed by atoms with Crippen molar-refractivity contribution in [2.24, 2.45) is 0 Å². The second-order valence-electron chi connectivity index (χ2n) is 4.63. The van der Waals surface area contributed by atoms with E-state index in [0.717, 1.165) is 13.1 Å². The maximum Gasteiger partial charge on any atom is 0.0303 e. The Labute approximate surface area is 111 Å². The van der Waals surface area contributed by atoms with Gasteiger partial charge in [-0.15, -0.1) is 22.7 Å². The van der Waals surface area contributed by atoms with Crippen LogP contribution in [0.4, 0.5) is 0 Å². The second kappa shape index (κ2) is 4.92. The number of thiophene rings is 2. The van der Waals surface area contributed by atoms with Crippen LogP contribution in [0.5, 0.6) is 0 Å². The first-order valence-electron chi connectivity index (χ1n) is 6.18. The fraction of sp³-hybridized carbons (Fsp3) is 0.429. The summed E-state index contributed by atoms with van der Waals surface area (Å²) in [6, 6.07) is 6.82. The summed E-state index contributed by atoms with van der Waals surface area (Å²) in [6.07, 6.45) is 3.98. The van der Waals surface area contributed by atoms with Gasteiger partial charge in [-0.25, -0.2) is 0 Å². The zero-order valence-electron chi connectivity index (χ0n) is 10.1. The summed E-state index contributed by atoms with van der Waals surface area (Å²) in [5, 5.41) is 3.54. The Balaban J connectivity index is 1.54. The summed E-state index contributed by atoms with van der Waals surface area (Å²) in [4.78, 5) is 5.97. The fourth-order valence-corrected chi connectivity index (χ4v) is 4.46. The number of fused-ring (bicyclic) bond motifs is 1. The van der Waals surface area contributed by atoms with Crippen LogP contribution in [-0.4, -0.2) is 0 Å². The Bertz CT molecular complexity index is 489. The summed E-state index contributed by atoms with van der Waals surface area (Å²) in [5.41, 5.74) is 1.61. The lowest BCUT2D eigenvalue weighted by Crippen LogP contribution is -2.10. The third-order valence-electron chi connectivity index (χ3n) is 3.19. The summed E-state index contributed by atoms with van der Waals surface area (Å²) in [5.74, 6) is 0. The highest BCUT2D eigenvalue weighted by molar-refractivity contribution is 7.12. The molecule has 0 fully saturated rings. The molecule has 2 aromatic heterocycles. The van der Waals surface area contributed by atoms with Crippen molar-refractivity contribution in [2.45, 2.75) is 39.3 Å². The van der Waals surface area contributed by atoms with Gasteiger partial charge in [-0.05, 0) is 49.9 Å². The van der Waals surface area contributed by atoms with Crippen molar-refractivity contribution in [2.75, 3.05) is 0 Å². The van der Waals surface area contributed by atoms with Gasteiger partial charge in [0.15, 0.2) is 0 Å². The van der Waals surface area contributed by atoms with E-state index >= 15 is 0 Å². The predicted octanol–water partition coefficient (Wildman–Crippen LogP) is 3.90. The van der Waals surface area contributed by atoms with Gasteiger partial charge in [0.1, 0.15) is 0 Å². The maximum absolute atomic E-state index is 3.54. The number of aryl methyl sites for hydroxylation is 3. The van der Waals surface area contributed by atoms with Gasteiger partial charge in [0.25, 0.3) is 0 Å². The van der Waals surface area contributed by atoms with Crippen molar-refractivity contribution >= 4 is 22.7 Å². The van der Waals surface area contributed by atoms with Gasteiger partial charge in [-0.3, -0.25) is 0 Å². The van der Waals surface area contributed by atoms with E-state index < -0.39 is 0 Å². The Morgan fingerprint density at radius 2 is 2.00 bits per heavy atom. The normalized spacial score (nSPS) is 14.2. The van der Waals surface area contributed by atoms with Crippen molar-refractivity contribution in [1.29, 1.82) is 0 Å². The monoisotopic (exact) mass is 263 g/mol. The van der Waals surface area contributed by atoms with Crippen LogP contribution in [0.2, 0.25) is 0 Å². The minimum Gasteiger partial charge on any atom is -0.307 e. The van der Waals surface area contributed by atoms with Gasteiger partial charge >= 0.3 is 0 Å². The molecule has 2 aromatic rings. The van der Waals surface area contributed by atoms with E-state index in [-0.39, 0.29) is 0 Å². The highest BCUT2D eigenvalue weighted by Gasteiger charge is 2.14. The quantitative estimate of drug-likeness (QED) is 0.882. The van der Waals surface area contributed by atoms with E-state index in [9.17, 15) is 0 Å². The van der Waals surface area contributed by atoms with Crippen molar-refractivity contribution in [3.8, 4) is 0 Å². The van der Waals surface area contributed by atoms with Crippen LogP contribution in [0.25, 0.3) is 0 Å². The first-order valence-corrected chi connectivity index (χ1v) is 7.81. The molecular weight excluding hydrogens is 246 g/mol. The van der Waals surface area contributed by atoms with Crippen LogP contribution >= 0.6 is 22.7 Å². The highest BCUT2D eigenvalue weighted by Crippen LogP contribution is 2.30. The average molecular weight is 263 g/mol. The standard InChI is InChI=1S/C14H17NS2/c1-10-5-6-12(16-10)8-15-9-13-7-11-3-2-4-14(11)17-13/h5-7,15H,2-4,8-9H2,1H3. The molecule has 1 aliphatic rings. The molecule has 2 heterocycles. The van der Waals surface area contributed by atoms with Gasteiger partial charge in [0, 0.05) is 32.6 Å². The molecule has 1 aliphatic carbocycles. The largest absolute Gasteiger partial charge is 0.307 e. The number of rotatable bonds is 4. The van der Waals surface area contributed by atoms with E-state index in [1.54, 1.807) is 10.4 Å². The molecule has 0 saturated heterocycles. The lowest BCUT2D eigenvalue weighted by atomic mass is 10.2. The van der Waals surface area contributed by atoms with Crippen molar-refractivity contribution in [3.05, 3.63) is 43.3 Å². The third kappa shape index (κ3) is 2.62. The topological polar surface area (TPSA) is 12.0 Å². The number of hydrogen-bond donors (Lipinski definition) is 1. The van der Waals surface area contributed by atoms with E-state index in [0.29, 0.717) is 0 Å². The van der Waals surface area contributed by atoms with Crippen LogP contribution in [0.3, 0.4) is 0 Å². The minimum atomic E-state index is 1.00. The molecule has 0 unspecified atom stereocenters. The predicted molar refractivity (Wildman–Crippen MR) is 75.9 cm³/mol. The first-order chi connectivity index (χ1) is 8.31. The molecule has 0 bridgehead atoms. The molecule has 3 heteroatoms. The van der Waals surface area contributed by atoms with Gasteiger partial charge in [0.05, 0.1) is 0 Å². The molecule has 0 amide bonds. The molecular formula is C14H17NS2. The Morgan fingerprint density at radius 1 is 1.12 bits per heavy atom. The molecule has 0 spiro atoms. The molecule has 0 saturated carbocycles. The van der Waals surface area contributed by atoms with Crippen LogP contribution in [-0.2, 0) is 25.9 Å². The van der Waals surface area contributed by atoms with Crippen LogP contribution in [0.15, 0.2) is 18.2 Å². The molecule has 0 aliphatic heterocycles. The zero-order chi connectivity index (χ0) is 11.7. The third-order valence-corrected chi connectivity index (χ3v) is 5.43. The van der Waals surface area contributed by atoms with Gasteiger partial charge in [-0.2, -0.15) is 0 Å². The molecule has 1 nitrogen and oxygen atoms in total. The van der Waals surface area contributed by atoms with E-state index in [1.807, 2.05) is 22.7 Å². The van der Waals surface area contributed by atoms with Crippen LogP contribution in [0.1, 0.15) is 31.5 Å². The molecule has 0 radical (unpaired) electrons. The molecule has 3 rings (SSSR count). The van der Waals surface area contributed by atoms with Crippen molar-refractivity contribution in [3.63, 3.8) is 0 Å². The molecule has 1 N–H and O–H groups in total. The van der Waals surface area contributed by atoms with E-state index in [2.05, 4.69) is 30.4 Å². The van der Waals surface area contributed by atoms with Crippen LogP contribution < -0.4 is 5.32 Å². The summed E-state index contributed by atoms with van der Waals surface area (Å²) >= 11 is 3.89. The maximum atomic E-state index is 3.54. The number of hydrogen-bond acceptors (Lipinski definition) is 3. The summed E-state index contributed by atoms with van der Waals surface area (Å²) < 4.78 is 0. The van der Waals surface area contributed by atoms with E-state index in [1.165, 1.54) is 33.9 Å². The fourth-order valence-electron chi connectivity index (χ4n) is 2.37. The average Bonchev–Trinajstić information content (AvgIpc) is 2.94. The Morgan fingerprint density at radius 3 is 2.76 bits per heavy atom. The summed E-state index contributed by atoms with van der Waals surface area (Å²) in [6.45, 7) is 4.19. The van der Waals surface area contributed by atoms with Gasteiger partial charge in [-0.1, -0.05) is 0 Å².